The first kappa shape index (κ1) is 12.7. The molecule has 0 saturated heterocycles. The molecule has 0 heterocycles. The molecule has 0 rings (SSSR count). The van der Waals surface area contributed by atoms with Crippen LogP contribution in [-0.4, -0.2) is 56.0 Å². The third kappa shape index (κ3) is 6.24. The van der Waals surface area contributed by atoms with Crippen molar-refractivity contribution in [3.05, 3.63) is 0 Å². The summed E-state index contributed by atoms with van der Waals surface area (Å²) in [6.07, 6.45) is 0.978. The van der Waals surface area contributed by atoms with Gasteiger partial charge in [-0.1, -0.05) is 0 Å². The Morgan fingerprint density at radius 1 is 1.21 bits per heavy atom. The Bertz CT molecular complexity index is 206. The molecule has 0 amide bonds. The lowest BCUT2D eigenvalue weighted by Gasteiger charge is -2.18. The first-order valence-corrected chi connectivity index (χ1v) is 4.47. The Morgan fingerprint density at radius 3 is 2.21 bits per heavy atom. The normalized spacial score (nSPS) is 10.0. The molecule has 0 radical (unpaired) electrons. The smallest absolute Gasteiger partial charge is 0.220 e. The fraction of sp³-hybridized carbons (Fsp3) is 0.750. The van der Waals surface area contributed by atoms with Crippen molar-refractivity contribution < 1.29 is 0 Å². The van der Waals surface area contributed by atoms with Crippen LogP contribution < -0.4 is 11.5 Å². The van der Waals surface area contributed by atoms with E-state index in [4.69, 9.17) is 16.9 Å². The topological polar surface area (TPSA) is 94.7 Å². The van der Waals surface area contributed by atoms with Gasteiger partial charge in [-0.05, 0) is 27.1 Å². The highest BCUT2D eigenvalue weighted by Gasteiger charge is 2.02. The maximum atomic E-state index is 7.48. The van der Waals surface area contributed by atoms with E-state index >= 15 is 0 Å². The van der Waals surface area contributed by atoms with Crippen LogP contribution in [0.1, 0.15) is 6.42 Å². The van der Waals surface area contributed by atoms with Gasteiger partial charge >= 0.3 is 0 Å². The van der Waals surface area contributed by atoms with Gasteiger partial charge in [-0.15, -0.1) is 0 Å². The summed E-state index contributed by atoms with van der Waals surface area (Å²) < 4.78 is 0. The predicted molar refractivity (Wildman–Crippen MR) is 59.3 cm³/mol. The summed E-state index contributed by atoms with van der Waals surface area (Å²) >= 11 is 0. The van der Waals surface area contributed by atoms with Crippen LogP contribution >= 0.6 is 0 Å². The average molecular weight is 200 g/mol. The van der Waals surface area contributed by atoms with E-state index in [-0.39, 0.29) is 11.9 Å². The van der Waals surface area contributed by atoms with Crippen LogP contribution in [0.25, 0.3) is 0 Å². The van der Waals surface area contributed by atoms with E-state index in [0.717, 1.165) is 19.5 Å². The summed E-state index contributed by atoms with van der Waals surface area (Å²) in [7, 11) is 5.83. The molecule has 14 heavy (non-hydrogen) atoms. The first-order valence-electron chi connectivity index (χ1n) is 4.47. The van der Waals surface area contributed by atoms with Crippen molar-refractivity contribution in [1.29, 1.82) is 5.41 Å². The van der Waals surface area contributed by atoms with E-state index in [0.29, 0.717) is 0 Å². The molecule has 6 nitrogen and oxygen atoms in total. The van der Waals surface area contributed by atoms with Gasteiger partial charge < -0.3 is 21.3 Å². The molecule has 0 aromatic heterocycles. The van der Waals surface area contributed by atoms with Crippen molar-refractivity contribution in [2.45, 2.75) is 6.42 Å². The van der Waals surface area contributed by atoms with Crippen LogP contribution in [0.2, 0.25) is 0 Å². The molecule has 0 aromatic rings. The number of rotatable bonds is 4. The number of hydrogen-bond donors (Lipinski definition) is 3. The van der Waals surface area contributed by atoms with Crippen molar-refractivity contribution in [1.82, 2.24) is 9.80 Å². The molecule has 5 N–H and O–H groups in total. The Balaban J connectivity index is 3.79. The lowest BCUT2D eigenvalue weighted by atomic mass is 10.4. The van der Waals surface area contributed by atoms with Crippen LogP contribution in [0.4, 0.5) is 0 Å². The minimum absolute atomic E-state index is 0.0746. The summed E-state index contributed by atoms with van der Waals surface area (Å²) in [5, 5.41) is 7.48. The zero-order chi connectivity index (χ0) is 11.1. The minimum atomic E-state index is -0.0746. The van der Waals surface area contributed by atoms with Crippen molar-refractivity contribution in [3.63, 3.8) is 0 Å². The molecule has 0 aliphatic heterocycles. The van der Waals surface area contributed by atoms with E-state index in [1.54, 1.807) is 11.9 Å². The number of nitrogens with one attached hydrogen (secondary N) is 1. The number of nitrogens with zero attached hydrogens (tertiary/aromatic N) is 3. The summed E-state index contributed by atoms with van der Waals surface area (Å²) in [5.41, 5.74) is 10.3. The molecule has 6 heteroatoms. The second-order valence-electron chi connectivity index (χ2n) is 3.44. The number of nitrogens with two attached hydrogens (primary N) is 2. The SMILES string of the molecule is CN(C)CCCN(C)C(=N)N=C(N)N. The van der Waals surface area contributed by atoms with Gasteiger partial charge in [-0.2, -0.15) is 4.99 Å². The molecule has 0 unspecified atom stereocenters. The third-order valence-electron chi connectivity index (χ3n) is 1.70. The molecule has 0 aliphatic rings. The van der Waals surface area contributed by atoms with Crippen molar-refractivity contribution in [2.75, 3.05) is 34.2 Å². The van der Waals surface area contributed by atoms with Crippen LogP contribution in [0.5, 0.6) is 0 Å². The molecular weight excluding hydrogens is 180 g/mol. The van der Waals surface area contributed by atoms with E-state index in [2.05, 4.69) is 9.89 Å². The van der Waals surface area contributed by atoms with E-state index in [9.17, 15) is 0 Å². The lowest BCUT2D eigenvalue weighted by Crippen LogP contribution is -2.32. The summed E-state index contributed by atoms with van der Waals surface area (Å²) in [6, 6.07) is 0. The summed E-state index contributed by atoms with van der Waals surface area (Å²) in [6.45, 7) is 1.76. The summed E-state index contributed by atoms with van der Waals surface area (Å²) in [4.78, 5) is 7.45. The van der Waals surface area contributed by atoms with E-state index in [1.165, 1.54) is 0 Å². The third-order valence-corrected chi connectivity index (χ3v) is 1.70. The van der Waals surface area contributed by atoms with Gasteiger partial charge in [0.25, 0.3) is 0 Å². The lowest BCUT2D eigenvalue weighted by molar-refractivity contribution is 0.368. The Morgan fingerprint density at radius 2 is 1.79 bits per heavy atom. The fourth-order valence-corrected chi connectivity index (χ4v) is 0.938. The highest BCUT2D eigenvalue weighted by Crippen LogP contribution is 1.91. The maximum Gasteiger partial charge on any atom is 0.220 e. The van der Waals surface area contributed by atoms with Crippen molar-refractivity contribution in [2.24, 2.45) is 16.5 Å². The second-order valence-corrected chi connectivity index (χ2v) is 3.44. The number of guanidine groups is 2. The molecule has 0 bridgehead atoms. The average Bonchev–Trinajstić information content (AvgIpc) is 2.01. The quantitative estimate of drug-likeness (QED) is 0.404. The molecule has 0 aromatic carbocycles. The molecule has 0 atom stereocenters. The molecule has 0 aliphatic carbocycles. The predicted octanol–water partition coefficient (Wildman–Crippen LogP) is -0.922. The van der Waals surface area contributed by atoms with Gasteiger partial charge in [0, 0.05) is 13.6 Å². The standard InChI is InChI=1S/C8H20N6/c1-13(2)5-4-6-14(3)8(11)12-7(9)10/h4-6H2,1-3H3,(H5,9,10,11,12). The fourth-order valence-electron chi connectivity index (χ4n) is 0.938. The zero-order valence-corrected chi connectivity index (χ0v) is 9.12. The Hall–Kier alpha value is -1.30. The van der Waals surface area contributed by atoms with Crippen LogP contribution in [0.15, 0.2) is 4.99 Å². The van der Waals surface area contributed by atoms with Crippen molar-refractivity contribution in [3.8, 4) is 0 Å². The molecule has 0 spiro atoms. The highest BCUT2D eigenvalue weighted by atomic mass is 15.2. The van der Waals surface area contributed by atoms with Crippen molar-refractivity contribution >= 4 is 11.9 Å². The summed E-state index contributed by atoms with van der Waals surface area (Å²) in [5.74, 6) is 0.0261. The molecular formula is C8H20N6. The maximum absolute atomic E-state index is 7.48. The van der Waals surface area contributed by atoms with Gasteiger partial charge in [-0.3, -0.25) is 5.41 Å². The first-order chi connectivity index (χ1) is 6.43. The second kappa shape index (κ2) is 6.20. The Kier molecular flexibility index (Phi) is 5.62. The molecule has 0 saturated carbocycles. The molecule has 82 valence electrons. The Labute approximate surface area is 85.1 Å². The van der Waals surface area contributed by atoms with Gasteiger partial charge in [0.2, 0.25) is 5.96 Å². The minimum Gasteiger partial charge on any atom is -0.370 e. The number of aliphatic imine (C=N–C) groups is 1. The number of hydrogen-bond acceptors (Lipinski definition) is 2. The highest BCUT2D eigenvalue weighted by molar-refractivity contribution is 5.91. The zero-order valence-electron chi connectivity index (χ0n) is 9.12. The van der Waals surface area contributed by atoms with Crippen LogP contribution in [0.3, 0.4) is 0 Å². The largest absolute Gasteiger partial charge is 0.370 e. The molecule has 0 fully saturated rings. The van der Waals surface area contributed by atoms with Gasteiger partial charge in [-0.25, -0.2) is 0 Å². The van der Waals surface area contributed by atoms with Crippen LogP contribution in [0, 0.1) is 5.41 Å². The van der Waals surface area contributed by atoms with Gasteiger partial charge in [0.05, 0.1) is 0 Å². The van der Waals surface area contributed by atoms with Gasteiger partial charge in [0.15, 0.2) is 5.96 Å². The van der Waals surface area contributed by atoms with Crippen LogP contribution in [-0.2, 0) is 0 Å². The van der Waals surface area contributed by atoms with E-state index < -0.39 is 0 Å². The monoisotopic (exact) mass is 200 g/mol. The van der Waals surface area contributed by atoms with Gasteiger partial charge in [0.1, 0.15) is 0 Å². The van der Waals surface area contributed by atoms with E-state index in [1.807, 2.05) is 14.1 Å².